The molecule has 0 bridgehead atoms. The first-order valence-electron chi connectivity index (χ1n) is 5.95. The first-order chi connectivity index (χ1) is 9.37. The smallest absolute Gasteiger partial charge is 0.379 e. The monoisotopic (exact) mass is 346 g/mol. The number of nitrogens with two attached hydrogens (primary N) is 1. The maximum Gasteiger partial charge on any atom is 0.379 e. The van der Waals surface area contributed by atoms with Crippen LogP contribution in [0.15, 0.2) is 28.9 Å². The van der Waals surface area contributed by atoms with Crippen LogP contribution in [0.25, 0.3) is 10.9 Å². The fraction of sp³-hybridized carbons (Fsp3) is 0.308. The highest BCUT2D eigenvalue weighted by atomic mass is 79.9. The Morgan fingerprint density at radius 1 is 1.55 bits per heavy atom. The summed E-state index contributed by atoms with van der Waals surface area (Å²) in [4.78, 5) is 14.2. The molecule has 1 heterocycles. The zero-order chi connectivity index (χ0) is 14.9. The highest BCUT2D eigenvalue weighted by Crippen LogP contribution is 2.35. The van der Waals surface area contributed by atoms with Crippen molar-refractivity contribution in [3.8, 4) is 0 Å². The van der Waals surface area contributed by atoms with Gasteiger partial charge in [0.2, 0.25) is 0 Å². The molecule has 0 radical (unpaired) electrons. The summed E-state index contributed by atoms with van der Waals surface area (Å²) >= 11 is 3.27. The van der Waals surface area contributed by atoms with E-state index in [-0.39, 0.29) is 12.2 Å². The Balaban J connectivity index is 2.42. The van der Waals surface area contributed by atoms with Gasteiger partial charge in [-0.1, -0.05) is 15.9 Å². The number of hydrogen-bond acceptors (Lipinski definition) is 3. The minimum atomic E-state index is -3.78. The van der Waals surface area contributed by atoms with E-state index >= 15 is 0 Å². The van der Waals surface area contributed by atoms with Crippen molar-refractivity contribution in [2.45, 2.75) is 18.9 Å². The Morgan fingerprint density at radius 2 is 2.25 bits per heavy atom. The largest absolute Gasteiger partial charge is 0.462 e. The summed E-state index contributed by atoms with van der Waals surface area (Å²) in [7, 11) is 0. The van der Waals surface area contributed by atoms with Crippen molar-refractivity contribution in [2.24, 2.45) is 5.73 Å². The summed E-state index contributed by atoms with van der Waals surface area (Å²) in [5.41, 5.74) is 6.41. The number of nitrogens with one attached hydrogen (secondary N) is 1. The first kappa shape index (κ1) is 14.9. The maximum atomic E-state index is 14.0. The second-order valence-corrected chi connectivity index (χ2v) is 5.17. The molecule has 1 aromatic carbocycles. The zero-order valence-electron chi connectivity index (χ0n) is 10.6. The molecular weight excluding hydrogens is 334 g/mol. The fourth-order valence-corrected chi connectivity index (χ4v) is 2.28. The second kappa shape index (κ2) is 5.49. The van der Waals surface area contributed by atoms with Gasteiger partial charge in [0.05, 0.1) is 6.61 Å². The van der Waals surface area contributed by atoms with Gasteiger partial charge in [0.25, 0.3) is 0 Å². The highest BCUT2D eigenvalue weighted by molar-refractivity contribution is 9.10. The Labute approximate surface area is 122 Å². The molecular formula is C13H13BrF2N2O2. The van der Waals surface area contributed by atoms with Gasteiger partial charge in [-0.05, 0) is 25.1 Å². The quantitative estimate of drug-likeness (QED) is 0.835. The van der Waals surface area contributed by atoms with Crippen molar-refractivity contribution in [2.75, 3.05) is 6.61 Å². The molecule has 0 aliphatic heterocycles. The minimum Gasteiger partial charge on any atom is -0.462 e. The van der Waals surface area contributed by atoms with Gasteiger partial charge in [-0.3, -0.25) is 0 Å². The van der Waals surface area contributed by atoms with Gasteiger partial charge in [0, 0.05) is 27.1 Å². The number of alkyl halides is 2. The molecule has 0 saturated heterocycles. The van der Waals surface area contributed by atoms with E-state index in [0.29, 0.717) is 10.9 Å². The molecule has 1 atom stereocenters. The molecule has 2 aromatic rings. The topological polar surface area (TPSA) is 68.1 Å². The molecule has 108 valence electrons. The lowest BCUT2D eigenvalue weighted by Gasteiger charge is -2.21. The Bertz CT molecular complexity index is 642. The average Bonchev–Trinajstić information content (AvgIpc) is 2.80. The van der Waals surface area contributed by atoms with Crippen LogP contribution in [0, 0.1) is 0 Å². The van der Waals surface area contributed by atoms with Crippen molar-refractivity contribution in [1.82, 2.24) is 4.98 Å². The predicted molar refractivity (Wildman–Crippen MR) is 74.5 cm³/mol. The lowest BCUT2D eigenvalue weighted by atomic mass is 10.0. The number of benzene rings is 1. The molecule has 0 spiro atoms. The molecule has 0 unspecified atom stereocenters. The Morgan fingerprint density at radius 3 is 2.90 bits per heavy atom. The van der Waals surface area contributed by atoms with Crippen LogP contribution < -0.4 is 5.73 Å². The zero-order valence-corrected chi connectivity index (χ0v) is 12.2. The van der Waals surface area contributed by atoms with Gasteiger partial charge < -0.3 is 15.5 Å². The van der Waals surface area contributed by atoms with Crippen molar-refractivity contribution < 1.29 is 18.3 Å². The summed E-state index contributed by atoms with van der Waals surface area (Å²) in [5.74, 6) is -5.40. The lowest BCUT2D eigenvalue weighted by molar-refractivity contribution is -0.174. The molecule has 4 nitrogen and oxygen atoms in total. The van der Waals surface area contributed by atoms with Crippen LogP contribution in [0.5, 0.6) is 0 Å². The third-order valence-electron chi connectivity index (χ3n) is 2.95. The number of ether oxygens (including phenoxy) is 1. The van der Waals surface area contributed by atoms with Crippen LogP contribution in [-0.4, -0.2) is 23.5 Å². The lowest BCUT2D eigenvalue weighted by Crippen LogP contribution is -2.41. The minimum absolute atomic E-state index is 0.124. The molecule has 1 aromatic heterocycles. The van der Waals surface area contributed by atoms with Gasteiger partial charge in [-0.15, -0.1) is 0 Å². The standard InChI is InChI=1S/C13H13BrF2N2O2/c1-2-20-12(19)13(15,16)11(17)9-6-18-10-4-3-7(14)5-8(9)10/h3-6,11,18H,2,17H2,1H3/t11-/m0/s1. The van der Waals surface area contributed by atoms with Crippen molar-refractivity contribution in [1.29, 1.82) is 0 Å². The molecule has 20 heavy (non-hydrogen) atoms. The third kappa shape index (κ3) is 2.55. The van der Waals surface area contributed by atoms with Gasteiger partial charge in [-0.2, -0.15) is 8.78 Å². The number of rotatable bonds is 4. The van der Waals surface area contributed by atoms with Crippen LogP contribution in [0.2, 0.25) is 0 Å². The Hall–Kier alpha value is -1.47. The predicted octanol–water partition coefficient (Wildman–Crippen LogP) is 3.13. The second-order valence-electron chi connectivity index (χ2n) is 4.26. The van der Waals surface area contributed by atoms with Gasteiger partial charge in [0.15, 0.2) is 0 Å². The van der Waals surface area contributed by atoms with E-state index in [1.54, 1.807) is 18.2 Å². The number of fused-ring (bicyclic) bond motifs is 1. The first-order valence-corrected chi connectivity index (χ1v) is 6.74. The average molecular weight is 347 g/mol. The number of aromatic amines is 1. The molecule has 7 heteroatoms. The van der Waals surface area contributed by atoms with Gasteiger partial charge in [-0.25, -0.2) is 4.79 Å². The molecule has 0 saturated carbocycles. The number of carbonyl (C=O) groups excluding carboxylic acids is 1. The van der Waals surface area contributed by atoms with E-state index in [4.69, 9.17) is 5.73 Å². The van der Waals surface area contributed by atoms with E-state index < -0.39 is 17.9 Å². The van der Waals surface area contributed by atoms with Crippen LogP contribution in [0.3, 0.4) is 0 Å². The van der Waals surface area contributed by atoms with Crippen LogP contribution in [0.4, 0.5) is 8.78 Å². The van der Waals surface area contributed by atoms with Crippen molar-refractivity contribution >= 4 is 32.8 Å². The highest BCUT2D eigenvalue weighted by Gasteiger charge is 2.48. The fourth-order valence-electron chi connectivity index (χ4n) is 1.92. The number of aromatic nitrogens is 1. The molecule has 3 N–H and O–H groups in total. The van der Waals surface area contributed by atoms with E-state index in [9.17, 15) is 13.6 Å². The van der Waals surface area contributed by atoms with E-state index in [2.05, 4.69) is 25.7 Å². The number of H-pyrrole nitrogens is 1. The van der Waals surface area contributed by atoms with E-state index in [1.165, 1.54) is 13.1 Å². The summed E-state index contributed by atoms with van der Waals surface area (Å²) < 4.78 is 33.0. The molecule has 0 aliphatic carbocycles. The van der Waals surface area contributed by atoms with E-state index in [1.807, 2.05) is 0 Å². The molecule has 0 aliphatic rings. The van der Waals surface area contributed by atoms with Gasteiger partial charge in [0.1, 0.15) is 6.04 Å². The summed E-state index contributed by atoms with van der Waals surface area (Å²) in [6, 6.07) is 3.41. The van der Waals surface area contributed by atoms with Crippen molar-refractivity contribution in [3.63, 3.8) is 0 Å². The van der Waals surface area contributed by atoms with E-state index in [0.717, 1.165) is 4.47 Å². The SMILES string of the molecule is CCOC(=O)C(F)(F)[C@@H](N)c1c[nH]c2ccc(Br)cc12. The van der Waals surface area contributed by atoms with Gasteiger partial charge >= 0.3 is 11.9 Å². The third-order valence-corrected chi connectivity index (χ3v) is 3.44. The van der Waals surface area contributed by atoms with Crippen LogP contribution in [-0.2, 0) is 9.53 Å². The summed E-state index contributed by atoms with van der Waals surface area (Å²) in [6.45, 7) is 1.34. The van der Waals surface area contributed by atoms with Crippen molar-refractivity contribution in [3.05, 3.63) is 34.4 Å². The number of esters is 1. The normalized spacial score (nSPS) is 13.4. The summed E-state index contributed by atoms with van der Waals surface area (Å²) in [6.07, 6.45) is 1.38. The molecule has 0 fully saturated rings. The number of hydrogen-bond donors (Lipinski definition) is 2. The molecule has 0 amide bonds. The maximum absolute atomic E-state index is 14.0. The number of halogens is 3. The van der Waals surface area contributed by atoms with Crippen LogP contribution >= 0.6 is 15.9 Å². The Kier molecular flexibility index (Phi) is 4.10. The molecule has 2 rings (SSSR count). The number of carbonyl (C=O) groups is 1. The summed E-state index contributed by atoms with van der Waals surface area (Å²) in [5, 5.41) is 0.538. The van der Waals surface area contributed by atoms with Crippen LogP contribution in [0.1, 0.15) is 18.5 Å².